The molecule has 0 atom stereocenters. The Balaban J connectivity index is 1.57. The maximum Gasteiger partial charge on any atom is 0.251 e. The molecule has 4 nitrogen and oxygen atoms in total. The molecule has 0 bridgehead atoms. The second-order valence-electron chi connectivity index (χ2n) is 6.89. The Bertz CT molecular complexity index is 728. The Morgan fingerprint density at radius 2 is 2.09 bits per heavy atom. The van der Waals surface area contributed by atoms with Gasteiger partial charge in [-0.2, -0.15) is 0 Å². The number of carbonyl (C=O) groups is 1. The van der Waals surface area contributed by atoms with Gasteiger partial charge in [0.25, 0.3) is 5.91 Å². The number of aromatic amines is 1. The van der Waals surface area contributed by atoms with Gasteiger partial charge in [0.1, 0.15) is 0 Å². The highest BCUT2D eigenvalue weighted by Gasteiger charge is 2.42. The summed E-state index contributed by atoms with van der Waals surface area (Å²) in [6, 6.07) is 5.92. The molecule has 1 aromatic carbocycles. The summed E-state index contributed by atoms with van der Waals surface area (Å²) >= 11 is 0. The summed E-state index contributed by atoms with van der Waals surface area (Å²) in [6.45, 7) is 0.739. The zero-order chi connectivity index (χ0) is 15.2. The smallest absolute Gasteiger partial charge is 0.251 e. The predicted molar refractivity (Wildman–Crippen MR) is 86.0 cm³/mol. The van der Waals surface area contributed by atoms with Gasteiger partial charge in [0.2, 0.25) is 0 Å². The SMILES string of the molecule is O=C(NCC1(CO)CC1)c1ccc2[nH]c3c(c2c1)CCCC3. The molecule has 2 aliphatic carbocycles. The molecule has 1 saturated carbocycles. The highest BCUT2D eigenvalue weighted by molar-refractivity contribution is 5.99. The molecule has 0 unspecified atom stereocenters. The summed E-state index contributed by atoms with van der Waals surface area (Å²) in [6.07, 6.45) is 6.71. The first kappa shape index (κ1) is 13.8. The number of aliphatic hydroxyl groups excluding tert-OH is 1. The molecule has 1 heterocycles. The fourth-order valence-corrected chi connectivity index (χ4v) is 3.48. The molecule has 4 rings (SSSR count). The standard InChI is InChI=1S/C18H22N2O2/c21-11-18(7-8-18)10-19-17(22)12-5-6-16-14(9-12)13-3-1-2-4-15(13)20-16/h5-6,9,20-21H,1-4,7-8,10-11H2,(H,19,22). The third-order valence-corrected chi connectivity index (χ3v) is 5.28. The Kier molecular flexibility index (Phi) is 3.22. The first-order valence-electron chi connectivity index (χ1n) is 8.23. The molecule has 2 aromatic rings. The molecule has 1 amide bonds. The van der Waals surface area contributed by atoms with Crippen molar-refractivity contribution in [2.75, 3.05) is 13.2 Å². The van der Waals surface area contributed by atoms with Crippen LogP contribution in [0.25, 0.3) is 10.9 Å². The fraction of sp³-hybridized carbons (Fsp3) is 0.500. The first-order chi connectivity index (χ1) is 10.7. The molecular weight excluding hydrogens is 276 g/mol. The van der Waals surface area contributed by atoms with Crippen LogP contribution in [0.2, 0.25) is 0 Å². The van der Waals surface area contributed by atoms with Gasteiger partial charge >= 0.3 is 0 Å². The number of nitrogens with one attached hydrogen (secondary N) is 2. The Hall–Kier alpha value is -1.81. The van der Waals surface area contributed by atoms with Crippen molar-refractivity contribution >= 4 is 16.8 Å². The van der Waals surface area contributed by atoms with Crippen molar-refractivity contribution in [3.05, 3.63) is 35.0 Å². The Morgan fingerprint density at radius 3 is 2.86 bits per heavy atom. The third-order valence-electron chi connectivity index (χ3n) is 5.28. The summed E-state index contributed by atoms with van der Waals surface area (Å²) in [5.41, 5.74) is 4.54. The van der Waals surface area contributed by atoms with Crippen molar-refractivity contribution in [3.63, 3.8) is 0 Å². The lowest BCUT2D eigenvalue weighted by Gasteiger charge is -2.13. The number of hydrogen-bond acceptors (Lipinski definition) is 2. The number of H-pyrrole nitrogens is 1. The minimum atomic E-state index is -0.0486. The lowest BCUT2D eigenvalue weighted by Crippen LogP contribution is -2.31. The highest BCUT2D eigenvalue weighted by Crippen LogP contribution is 2.44. The Morgan fingerprint density at radius 1 is 1.27 bits per heavy atom. The van der Waals surface area contributed by atoms with Crippen LogP contribution in [0.5, 0.6) is 0 Å². The van der Waals surface area contributed by atoms with Gasteiger partial charge in [-0.15, -0.1) is 0 Å². The summed E-state index contributed by atoms with van der Waals surface area (Å²) in [4.78, 5) is 15.9. The van der Waals surface area contributed by atoms with Gasteiger partial charge in [-0.3, -0.25) is 4.79 Å². The average Bonchev–Trinajstić information content (AvgIpc) is 3.25. The van der Waals surface area contributed by atoms with Crippen LogP contribution < -0.4 is 5.32 Å². The molecule has 0 aliphatic heterocycles. The number of benzene rings is 1. The zero-order valence-corrected chi connectivity index (χ0v) is 12.7. The topological polar surface area (TPSA) is 65.1 Å². The van der Waals surface area contributed by atoms with E-state index >= 15 is 0 Å². The van der Waals surface area contributed by atoms with Crippen molar-refractivity contribution in [3.8, 4) is 0 Å². The van der Waals surface area contributed by atoms with Crippen LogP contribution in [0, 0.1) is 5.41 Å². The Labute approximate surface area is 129 Å². The first-order valence-corrected chi connectivity index (χ1v) is 8.23. The van der Waals surface area contributed by atoms with Crippen LogP contribution in [-0.2, 0) is 12.8 Å². The van der Waals surface area contributed by atoms with Crippen LogP contribution in [-0.4, -0.2) is 29.1 Å². The number of aliphatic hydroxyl groups is 1. The summed E-state index contributed by atoms with van der Waals surface area (Å²) in [5.74, 6) is -0.0348. The summed E-state index contributed by atoms with van der Waals surface area (Å²) < 4.78 is 0. The van der Waals surface area contributed by atoms with Crippen molar-refractivity contribution < 1.29 is 9.90 Å². The van der Waals surface area contributed by atoms with Crippen LogP contribution in [0.3, 0.4) is 0 Å². The van der Waals surface area contributed by atoms with E-state index in [2.05, 4.69) is 10.3 Å². The van der Waals surface area contributed by atoms with Gasteiger partial charge in [0, 0.05) is 34.1 Å². The van der Waals surface area contributed by atoms with Gasteiger partial charge in [-0.1, -0.05) is 0 Å². The number of carbonyl (C=O) groups excluding carboxylic acids is 1. The van der Waals surface area contributed by atoms with Crippen LogP contribution in [0.1, 0.15) is 47.3 Å². The molecule has 1 fully saturated rings. The number of aryl methyl sites for hydroxylation is 2. The van der Waals surface area contributed by atoms with E-state index in [-0.39, 0.29) is 17.9 Å². The average molecular weight is 298 g/mol. The minimum Gasteiger partial charge on any atom is -0.396 e. The van der Waals surface area contributed by atoms with E-state index in [1.165, 1.54) is 29.5 Å². The third kappa shape index (κ3) is 2.31. The molecule has 3 N–H and O–H groups in total. The van der Waals surface area contributed by atoms with E-state index in [4.69, 9.17) is 0 Å². The quantitative estimate of drug-likeness (QED) is 0.812. The second-order valence-corrected chi connectivity index (χ2v) is 6.89. The number of amides is 1. The molecule has 4 heteroatoms. The largest absolute Gasteiger partial charge is 0.396 e. The molecule has 22 heavy (non-hydrogen) atoms. The fourth-order valence-electron chi connectivity index (χ4n) is 3.48. The predicted octanol–water partition coefficient (Wildman–Crippen LogP) is 2.55. The number of aromatic nitrogens is 1. The summed E-state index contributed by atoms with van der Waals surface area (Å²) in [7, 11) is 0. The highest BCUT2D eigenvalue weighted by atomic mass is 16.3. The van der Waals surface area contributed by atoms with Gasteiger partial charge in [-0.05, 0) is 62.3 Å². The normalized spacial score (nSPS) is 19.0. The molecule has 116 valence electrons. The van der Waals surface area contributed by atoms with Crippen LogP contribution in [0.15, 0.2) is 18.2 Å². The number of hydrogen-bond donors (Lipinski definition) is 3. The van der Waals surface area contributed by atoms with Gasteiger partial charge in [0.05, 0.1) is 6.61 Å². The lowest BCUT2D eigenvalue weighted by molar-refractivity contribution is 0.0935. The van der Waals surface area contributed by atoms with Crippen LogP contribution in [0.4, 0.5) is 0 Å². The molecule has 0 spiro atoms. The van der Waals surface area contributed by atoms with Gasteiger partial charge < -0.3 is 15.4 Å². The minimum absolute atomic E-state index is 0.0348. The van der Waals surface area contributed by atoms with E-state index in [1.807, 2.05) is 18.2 Å². The molecule has 2 aliphatic rings. The van der Waals surface area contributed by atoms with E-state index in [0.29, 0.717) is 12.1 Å². The molecule has 0 radical (unpaired) electrons. The van der Waals surface area contributed by atoms with Gasteiger partial charge in [-0.25, -0.2) is 0 Å². The van der Waals surface area contributed by atoms with E-state index in [9.17, 15) is 9.90 Å². The second kappa shape index (κ2) is 5.13. The van der Waals surface area contributed by atoms with E-state index in [1.54, 1.807) is 0 Å². The zero-order valence-electron chi connectivity index (χ0n) is 12.7. The van der Waals surface area contributed by atoms with Crippen LogP contribution >= 0.6 is 0 Å². The molecular formula is C18H22N2O2. The molecule has 0 saturated heterocycles. The number of fused-ring (bicyclic) bond motifs is 3. The summed E-state index contributed by atoms with van der Waals surface area (Å²) in [5, 5.41) is 13.5. The number of rotatable bonds is 4. The van der Waals surface area contributed by atoms with Crippen molar-refractivity contribution in [2.45, 2.75) is 38.5 Å². The molecule has 1 aromatic heterocycles. The maximum atomic E-state index is 12.4. The maximum absolute atomic E-state index is 12.4. The van der Waals surface area contributed by atoms with E-state index < -0.39 is 0 Å². The van der Waals surface area contributed by atoms with E-state index in [0.717, 1.165) is 31.2 Å². The monoisotopic (exact) mass is 298 g/mol. The van der Waals surface area contributed by atoms with Crippen molar-refractivity contribution in [1.82, 2.24) is 10.3 Å². The van der Waals surface area contributed by atoms with Gasteiger partial charge in [0.15, 0.2) is 0 Å². The van der Waals surface area contributed by atoms with Crippen molar-refractivity contribution in [1.29, 1.82) is 0 Å². The lowest BCUT2D eigenvalue weighted by atomic mass is 9.95. The van der Waals surface area contributed by atoms with Crippen molar-refractivity contribution in [2.24, 2.45) is 5.41 Å².